The number of ether oxygens (including phenoxy) is 1. The molecule has 0 saturated carbocycles. The van der Waals surface area contributed by atoms with Gasteiger partial charge in [-0.15, -0.1) is 0 Å². The molecule has 0 unspecified atom stereocenters. The third-order valence-corrected chi connectivity index (χ3v) is 2.65. The molecule has 0 aliphatic heterocycles. The Bertz CT molecular complexity index is 684. The quantitative estimate of drug-likeness (QED) is 0.596. The summed E-state index contributed by atoms with van der Waals surface area (Å²) in [4.78, 5) is 10.9. The zero-order valence-corrected chi connectivity index (χ0v) is 11.3. The molecule has 0 saturated heterocycles. The summed E-state index contributed by atoms with van der Waals surface area (Å²) in [6.45, 7) is 1.41. The Hall–Kier alpha value is -2.89. The zero-order valence-electron chi connectivity index (χ0n) is 11.3. The average Bonchev–Trinajstić information content (AvgIpc) is 2.42. The lowest BCUT2D eigenvalue weighted by Crippen LogP contribution is -2.11. The minimum atomic E-state index is -0.603. The molecule has 0 atom stereocenters. The van der Waals surface area contributed by atoms with E-state index in [1.54, 1.807) is 24.3 Å². The second-order valence-electron chi connectivity index (χ2n) is 4.37. The number of hydrogen-bond acceptors (Lipinski definition) is 3. The lowest BCUT2D eigenvalue weighted by atomic mass is 10.2. The Balaban J connectivity index is 2.14. The Morgan fingerprint density at radius 3 is 2.43 bits per heavy atom. The van der Waals surface area contributed by atoms with E-state index in [9.17, 15) is 9.18 Å². The highest BCUT2D eigenvalue weighted by Gasteiger charge is 2.07. The fourth-order valence-corrected chi connectivity index (χ4v) is 1.69. The van der Waals surface area contributed by atoms with Crippen LogP contribution in [0.3, 0.4) is 0 Å². The van der Waals surface area contributed by atoms with Gasteiger partial charge >= 0.3 is 0 Å². The van der Waals surface area contributed by atoms with Crippen LogP contribution in [0.15, 0.2) is 42.5 Å². The van der Waals surface area contributed by atoms with Crippen molar-refractivity contribution < 1.29 is 13.9 Å². The molecule has 2 aromatic rings. The predicted octanol–water partition coefficient (Wildman–Crippen LogP) is 2.86. The number of carbonyl (C=O) groups excluding carboxylic acids is 1. The third-order valence-electron chi connectivity index (χ3n) is 2.65. The first-order valence-corrected chi connectivity index (χ1v) is 6.15. The second kappa shape index (κ2) is 6.04. The summed E-state index contributed by atoms with van der Waals surface area (Å²) in [5, 5.41) is 9.86. The van der Waals surface area contributed by atoms with Gasteiger partial charge in [0.25, 0.3) is 0 Å². The van der Waals surface area contributed by atoms with Gasteiger partial charge in [0.2, 0.25) is 5.91 Å². The first-order chi connectivity index (χ1) is 9.95. The lowest BCUT2D eigenvalue weighted by molar-refractivity contribution is -0.114. The van der Waals surface area contributed by atoms with Gasteiger partial charge in [-0.2, -0.15) is 0 Å². The molecule has 0 aliphatic carbocycles. The maximum atomic E-state index is 13.8. The molecule has 1 amide bonds. The van der Waals surface area contributed by atoms with Crippen molar-refractivity contribution in [3.05, 3.63) is 53.8 Å². The largest absolute Gasteiger partial charge is 0.454 e. The van der Waals surface area contributed by atoms with Crippen molar-refractivity contribution in [2.75, 3.05) is 5.32 Å². The number of amides is 1. The van der Waals surface area contributed by atoms with E-state index in [2.05, 4.69) is 5.32 Å². The highest BCUT2D eigenvalue weighted by Crippen LogP contribution is 2.26. The molecule has 0 aromatic heterocycles. The number of benzene rings is 2. The maximum absolute atomic E-state index is 13.8. The lowest BCUT2D eigenvalue weighted by Gasteiger charge is -2.09. The summed E-state index contributed by atoms with van der Waals surface area (Å²) in [6.07, 6.45) is 0. The van der Waals surface area contributed by atoms with Gasteiger partial charge in [-0.1, -0.05) is 0 Å². The molecule has 0 spiro atoms. The number of nitrogen functional groups attached to an aromatic ring is 1. The summed E-state index contributed by atoms with van der Waals surface area (Å²) < 4.78 is 19.2. The van der Waals surface area contributed by atoms with Crippen molar-refractivity contribution in [2.24, 2.45) is 5.73 Å². The summed E-state index contributed by atoms with van der Waals surface area (Å²) in [7, 11) is 0. The van der Waals surface area contributed by atoms with Gasteiger partial charge in [0.05, 0.1) is 0 Å². The minimum absolute atomic E-state index is 0.0345. The number of halogens is 1. The fraction of sp³-hybridized carbons (Fsp3) is 0.0667. The molecule has 108 valence electrons. The first-order valence-electron chi connectivity index (χ1n) is 6.15. The third kappa shape index (κ3) is 3.79. The number of nitrogens with one attached hydrogen (secondary N) is 2. The normalized spacial score (nSPS) is 10.0. The van der Waals surface area contributed by atoms with Crippen LogP contribution in [0.25, 0.3) is 0 Å². The van der Waals surface area contributed by atoms with Gasteiger partial charge in [-0.25, -0.2) is 4.39 Å². The van der Waals surface area contributed by atoms with Crippen molar-refractivity contribution >= 4 is 17.4 Å². The number of anilines is 1. The Labute approximate surface area is 121 Å². The topological polar surface area (TPSA) is 88.2 Å². The van der Waals surface area contributed by atoms with Crippen LogP contribution in [0.5, 0.6) is 11.5 Å². The van der Waals surface area contributed by atoms with Crippen molar-refractivity contribution in [3.63, 3.8) is 0 Å². The van der Waals surface area contributed by atoms with Crippen molar-refractivity contribution in [3.8, 4) is 11.5 Å². The van der Waals surface area contributed by atoms with E-state index in [4.69, 9.17) is 15.9 Å². The molecular formula is C15H14FN3O2. The number of carbonyl (C=O) groups is 1. The maximum Gasteiger partial charge on any atom is 0.221 e. The predicted molar refractivity (Wildman–Crippen MR) is 78.2 cm³/mol. The van der Waals surface area contributed by atoms with Crippen LogP contribution in [-0.2, 0) is 4.79 Å². The van der Waals surface area contributed by atoms with E-state index in [-0.39, 0.29) is 17.5 Å². The van der Waals surface area contributed by atoms with Crippen LogP contribution in [0.2, 0.25) is 0 Å². The summed E-state index contributed by atoms with van der Waals surface area (Å²) in [6, 6.07) is 10.6. The first kappa shape index (κ1) is 14.5. The Morgan fingerprint density at radius 2 is 1.90 bits per heavy atom. The van der Waals surface area contributed by atoms with E-state index in [0.717, 1.165) is 6.07 Å². The van der Waals surface area contributed by atoms with E-state index in [1.165, 1.54) is 19.1 Å². The Morgan fingerprint density at radius 1 is 1.24 bits per heavy atom. The monoisotopic (exact) mass is 287 g/mol. The van der Waals surface area contributed by atoms with Crippen LogP contribution >= 0.6 is 0 Å². The molecule has 0 heterocycles. The number of nitrogens with two attached hydrogens (primary N) is 1. The van der Waals surface area contributed by atoms with E-state index >= 15 is 0 Å². The number of hydrogen-bond donors (Lipinski definition) is 3. The van der Waals surface area contributed by atoms with Crippen molar-refractivity contribution in [1.29, 1.82) is 5.41 Å². The van der Waals surface area contributed by atoms with E-state index in [1.807, 2.05) is 0 Å². The molecule has 4 N–H and O–H groups in total. The molecule has 2 aromatic carbocycles. The van der Waals surface area contributed by atoms with Gasteiger partial charge < -0.3 is 15.8 Å². The fourth-order valence-electron chi connectivity index (χ4n) is 1.69. The van der Waals surface area contributed by atoms with Crippen LogP contribution in [0.4, 0.5) is 10.1 Å². The van der Waals surface area contributed by atoms with Crippen LogP contribution in [0, 0.1) is 11.2 Å². The molecular weight excluding hydrogens is 273 g/mol. The number of rotatable bonds is 4. The van der Waals surface area contributed by atoms with Gasteiger partial charge in [0, 0.05) is 18.2 Å². The summed E-state index contributed by atoms with van der Waals surface area (Å²) in [5.74, 6) is -0.519. The molecule has 0 aliphatic rings. The molecule has 5 nitrogen and oxygen atoms in total. The summed E-state index contributed by atoms with van der Waals surface area (Å²) >= 11 is 0. The molecule has 0 radical (unpaired) electrons. The SMILES string of the molecule is CC(=O)Nc1ccc(Oc2ccc(C(=N)N)cc2F)cc1. The minimum Gasteiger partial charge on any atom is -0.454 e. The molecule has 0 bridgehead atoms. The molecule has 21 heavy (non-hydrogen) atoms. The molecule has 0 fully saturated rings. The van der Waals surface area contributed by atoms with Gasteiger partial charge in [-0.3, -0.25) is 10.2 Å². The highest BCUT2D eigenvalue weighted by atomic mass is 19.1. The van der Waals surface area contributed by atoms with Gasteiger partial charge in [0.15, 0.2) is 11.6 Å². The van der Waals surface area contributed by atoms with Crippen LogP contribution in [-0.4, -0.2) is 11.7 Å². The smallest absolute Gasteiger partial charge is 0.221 e. The van der Waals surface area contributed by atoms with Crippen LogP contribution < -0.4 is 15.8 Å². The van der Waals surface area contributed by atoms with Crippen molar-refractivity contribution in [1.82, 2.24) is 0 Å². The number of amidine groups is 1. The zero-order chi connectivity index (χ0) is 15.4. The van der Waals surface area contributed by atoms with Crippen molar-refractivity contribution in [2.45, 2.75) is 6.92 Å². The van der Waals surface area contributed by atoms with E-state index < -0.39 is 5.82 Å². The average molecular weight is 287 g/mol. The van der Waals surface area contributed by atoms with E-state index in [0.29, 0.717) is 17.0 Å². The Kier molecular flexibility index (Phi) is 4.18. The standard InChI is InChI=1S/C15H14FN3O2/c1-9(20)19-11-3-5-12(6-4-11)21-14-7-2-10(15(17)18)8-13(14)16/h2-8H,1H3,(H3,17,18)(H,19,20). The summed E-state index contributed by atoms with van der Waals surface area (Å²) in [5.41, 5.74) is 6.20. The molecule has 2 rings (SSSR count). The molecule has 6 heteroatoms. The van der Waals surface area contributed by atoms with Crippen LogP contribution in [0.1, 0.15) is 12.5 Å². The van der Waals surface area contributed by atoms with Gasteiger partial charge in [0.1, 0.15) is 11.6 Å². The highest BCUT2D eigenvalue weighted by molar-refractivity contribution is 5.95. The van der Waals surface area contributed by atoms with Gasteiger partial charge in [-0.05, 0) is 42.5 Å². The second-order valence-corrected chi connectivity index (χ2v) is 4.37.